The van der Waals surface area contributed by atoms with E-state index in [1.165, 1.54) is 42.5 Å². The standard InChI is InChI=1S/C19H18ClFN4O5/c1-11(30-2)17(23-7-6-22-10-23)25-18(28)13(8-24(19(25)29)9-15(26)27)12-4-3-5-14(21)16(12)20/h3-8,10-11,17H,9H2,1-2H3,(H,26,27)/t11-,17?/m0/s1. The molecule has 1 N–H and O–H groups in total. The molecular formula is C19H18ClFN4O5. The molecule has 0 amide bonds. The fourth-order valence-corrected chi connectivity index (χ4v) is 3.37. The van der Waals surface area contributed by atoms with Crippen LogP contribution in [-0.2, 0) is 16.1 Å². The molecule has 9 nitrogen and oxygen atoms in total. The number of aromatic nitrogens is 4. The van der Waals surface area contributed by atoms with Crippen molar-refractivity contribution >= 4 is 17.6 Å². The molecule has 158 valence electrons. The van der Waals surface area contributed by atoms with E-state index < -0.39 is 41.9 Å². The molecule has 0 spiro atoms. The van der Waals surface area contributed by atoms with E-state index in [0.717, 1.165) is 21.4 Å². The van der Waals surface area contributed by atoms with Crippen LogP contribution in [-0.4, -0.2) is 43.0 Å². The molecule has 2 atom stereocenters. The molecule has 0 aliphatic heterocycles. The summed E-state index contributed by atoms with van der Waals surface area (Å²) in [6, 6.07) is 3.89. The van der Waals surface area contributed by atoms with E-state index in [2.05, 4.69) is 4.98 Å². The largest absolute Gasteiger partial charge is 0.480 e. The molecule has 0 radical (unpaired) electrons. The fourth-order valence-electron chi connectivity index (χ4n) is 3.14. The molecule has 3 rings (SSSR count). The van der Waals surface area contributed by atoms with Crippen molar-refractivity contribution in [2.75, 3.05) is 7.11 Å². The number of rotatable bonds is 7. The van der Waals surface area contributed by atoms with Crippen LogP contribution in [0.1, 0.15) is 13.1 Å². The van der Waals surface area contributed by atoms with Gasteiger partial charge in [0.1, 0.15) is 18.5 Å². The number of methoxy groups -OCH3 is 1. The molecular weight excluding hydrogens is 419 g/mol. The predicted octanol–water partition coefficient (Wildman–Crippen LogP) is 1.83. The maximum atomic E-state index is 14.0. The molecule has 2 heterocycles. The molecule has 11 heteroatoms. The lowest BCUT2D eigenvalue weighted by Gasteiger charge is -2.26. The van der Waals surface area contributed by atoms with Crippen molar-refractivity contribution in [1.29, 1.82) is 0 Å². The number of halogens is 2. The van der Waals surface area contributed by atoms with Gasteiger partial charge in [0.05, 0.1) is 23.0 Å². The fraction of sp³-hybridized carbons (Fsp3) is 0.263. The van der Waals surface area contributed by atoms with Gasteiger partial charge < -0.3 is 14.4 Å². The first-order valence-electron chi connectivity index (χ1n) is 8.78. The van der Waals surface area contributed by atoms with Crippen molar-refractivity contribution in [2.45, 2.75) is 25.7 Å². The number of hydrogen-bond donors (Lipinski definition) is 1. The number of benzene rings is 1. The summed E-state index contributed by atoms with van der Waals surface area (Å²) in [5, 5.41) is 8.90. The normalized spacial score (nSPS) is 13.2. The SMILES string of the molecule is CO[C@@H](C)C(n1ccnc1)n1c(=O)c(-c2cccc(F)c2Cl)cn(CC(=O)O)c1=O. The lowest BCUT2D eigenvalue weighted by molar-refractivity contribution is -0.137. The van der Waals surface area contributed by atoms with Crippen molar-refractivity contribution in [1.82, 2.24) is 18.7 Å². The summed E-state index contributed by atoms with van der Waals surface area (Å²) in [6.45, 7) is 0.928. The number of carboxylic acid groups (broad SMARTS) is 1. The van der Waals surface area contributed by atoms with Crippen LogP contribution in [0, 0.1) is 5.82 Å². The Kier molecular flexibility index (Phi) is 6.18. The highest BCUT2D eigenvalue weighted by Crippen LogP contribution is 2.28. The number of hydrogen-bond acceptors (Lipinski definition) is 5. The first kappa shape index (κ1) is 21.5. The van der Waals surface area contributed by atoms with E-state index in [9.17, 15) is 23.9 Å². The average Bonchev–Trinajstić information content (AvgIpc) is 3.23. The molecule has 0 fully saturated rings. The molecule has 3 aromatic rings. The van der Waals surface area contributed by atoms with E-state index in [1.807, 2.05) is 0 Å². The highest BCUT2D eigenvalue weighted by atomic mass is 35.5. The minimum Gasteiger partial charge on any atom is -0.480 e. The molecule has 1 aromatic carbocycles. The quantitative estimate of drug-likeness (QED) is 0.605. The highest BCUT2D eigenvalue weighted by molar-refractivity contribution is 6.33. The zero-order valence-electron chi connectivity index (χ0n) is 16.0. The lowest BCUT2D eigenvalue weighted by atomic mass is 10.1. The van der Waals surface area contributed by atoms with Crippen molar-refractivity contribution in [2.24, 2.45) is 0 Å². The third kappa shape index (κ3) is 3.91. The monoisotopic (exact) mass is 436 g/mol. The molecule has 2 aromatic heterocycles. The van der Waals surface area contributed by atoms with Crippen LogP contribution < -0.4 is 11.2 Å². The van der Waals surface area contributed by atoms with Crippen LogP contribution in [0.15, 0.2) is 52.7 Å². The summed E-state index contributed by atoms with van der Waals surface area (Å²) in [4.78, 5) is 41.7. The van der Waals surface area contributed by atoms with Crippen molar-refractivity contribution in [3.05, 3.63) is 74.8 Å². The Labute approximate surface area is 174 Å². The Balaban J connectivity index is 2.39. The van der Waals surface area contributed by atoms with E-state index in [4.69, 9.17) is 16.3 Å². The second kappa shape index (κ2) is 8.64. The number of carboxylic acids is 1. The van der Waals surface area contributed by atoms with Gasteiger partial charge in [0.2, 0.25) is 0 Å². The van der Waals surface area contributed by atoms with Gasteiger partial charge in [-0.25, -0.2) is 18.7 Å². The Morgan fingerprint density at radius 2 is 2.07 bits per heavy atom. The van der Waals surface area contributed by atoms with Crippen LogP contribution in [0.5, 0.6) is 0 Å². The van der Waals surface area contributed by atoms with Gasteiger partial charge in [-0.2, -0.15) is 0 Å². The highest BCUT2D eigenvalue weighted by Gasteiger charge is 2.27. The maximum Gasteiger partial charge on any atom is 0.333 e. The second-order valence-electron chi connectivity index (χ2n) is 6.49. The van der Waals surface area contributed by atoms with Gasteiger partial charge in [0.15, 0.2) is 0 Å². The van der Waals surface area contributed by atoms with Gasteiger partial charge in [0.25, 0.3) is 5.56 Å². The third-order valence-electron chi connectivity index (χ3n) is 4.62. The van der Waals surface area contributed by atoms with Gasteiger partial charge in [0, 0.05) is 31.3 Å². The van der Waals surface area contributed by atoms with Crippen molar-refractivity contribution in [3.8, 4) is 11.1 Å². The van der Waals surface area contributed by atoms with E-state index in [0.29, 0.717) is 0 Å². The zero-order valence-corrected chi connectivity index (χ0v) is 16.8. The van der Waals surface area contributed by atoms with Crippen LogP contribution in [0.25, 0.3) is 11.1 Å². The topological polar surface area (TPSA) is 108 Å². The summed E-state index contributed by atoms with van der Waals surface area (Å²) >= 11 is 6.05. The smallest absolute Gasteiger partial charge is 0.333 e. The molecule has 0 saturated heterocycles. The number of ether oxygens (including phenoxy) is 1. The van der Waals surface area contributed by atoms with Crippen LogP contribution in [0.3, 0.4) is 0 Å². The van der Waals surface area contributed by atoms with E-state index >= 15 is 0 Å². The number of imidazole rings is 1. The second-order valence-corrected chi connectivity index (χ2v) is 6.87. The van der Waals surface area contributed by atoms with Gasteiger partial charge >= 0.3 is 11.7 Å². The molecule has 0 bridgehead atoms. The van der Waals surface area contributed by atoms with Crippen LogP contribution in [0.4, 0.5) is 4.39 Å². The summed E-state index contributed by atoms with van der Waals surface area (Å²) in [5.74, 6) is -2.05. The Morgan fingerprint density at radius 1 is 1.33 bits per heavy atom. The average molecular weight is 437 g/mol. The van der Waals surface area contributed by atoms with Crippen LogP contribution in [0.2, 0.25) is 5.02 Å². The number of nitrogens with zero attached hydrogens (tertiary/aromatic N) is 4. The summed E-state index contributed by atoms with van der Waals surface area (Å²) in [6.07, 6.45) is 3.80. The van der Waals surface area contributed by atoms with Gasteiger partial charge in [-0.1, -0.05) is 23.7 Å². The maximum absolute atomic E-state index is 14.0. The Bertz CT molecular complexity index is 1190. The minimum atomic E-state index is -1.29. The zero-order chi connectivity index (χ0) is 22.0. The first-order valence-corrected chi connectivity index (χ1v) is 9.16. The first-order chi connectivity index (χ1) is 14.3. The summed E-state index contributed by atoms with van der Waals surface area (Å²) in [7, 11) is 1.41. The number of carbonyl (C=O) groups is 1. The Morgan fingerprint density at radius 3 is 2.67 bits per heavy atom. The molecule has 0 aliphatic carbocycles. The van der Waals surface area contributed by atoms with E-state index in [1.54, 1.807) is 6.92 Å². The van der Waals surface area contributed by atoms with Crippen molar-refractivity contribution in [3.63, 3.8) is 0 Å². The van der Waals surface area contributed by atoms with Crippen LogP contribution >= 0.6 is 11.6 Å². The molecule has 0 saturated carbocycles. The molecule has 1 unspecified atom stereocenters. The molecule has 0 aliphatic rings. The predicted molar refractivity (Wildman–Crippen MR) is 106 cm³/mol. The minimum absolute atomic E-state index is 0.0315. The van der Waals surface area contributed by atoms with E-state index in [-0.39, 0.29) is 16.1 Å². The molecule has 30 heavy (non-hydrogen) atoms. The summed E-state index contributed by atoms with van der Waals surface area (Å²) in [5.41, 5.74) is -1.75. The van der Waals surface area contributed by atoms with Gasteiger partial charge in [-0.15, -0.1) is 0 Å². The summed E-state index contributed by atoms with van der Waals surface area (Å²) < 4.78 is 22.6. The third-order valence-corrected chi connectivity index (χ3v) is 5.00. The van der Waals surface area contributed by atoms with Gasteiger partial charge in [-0.05, 0) is 13.0 Å². The lowest BCUT2D eigenvalue weighted by Crippen LogP contribution is -2.48. The van der Waals surface area contributed by atoms with Crippen molar-refractivity contribution < 1.29 is 19.0 Å². The van der Waals surface area contributed by atoms with Gasteiger partial charge in [-0.3, -0.25) is 14.2 Å². The Hall–Kier alpha value is -3.24. The number of aliphatic carboxylic acids is 1.